The Morgan fingerprint density at radius 3 is 2.50 bits per heavy atom. The Morgan fingerprint density at radius 2 is 1.94 bits per heavy atom. The molecule has 0 aliphatic heterocycles. The van der Waals surface area contributed by atoms with E-state index in [2.05, 4.69) is 0 Å². The molecule has 1 aromatic carbocycles. The summed E-state index contributed by atoms with van der Waals surface area (Å²) in [6.45, 7) is 0. The van der Waals surface area contributed by atoms with Crippen molar-refractivity contribution >= 4 is 50.6 Å². The van der Waals surface area contributed by atoms with Gasteiger partial charge in [-0.3, -0.25) is 4.79 Å². The predicted molar refractivity (Wildman–Crippen MR) is 77.8 cm³/mol. The fraction of sp³-hybridized carbons (Fsp3) is 0.364. The summed E-state index contributed by atoms with van der Waals surface area (Å²) in [5.74, 6) is 0.623. The second-order valence-electron chi connectivity index (χ2n) is 3.73. The zero-order valence-electron chi connectivity index (χ0n) is 9.65. The number of halogens is 2. The molecule has 0 aromatic heterocycles. The molecule has 0 fully saturated rings. The van der Waals surface area contributed by atoms with Gasteiger partial charge < -0.3 is 0 Å². The van der Waals surface area contributed by atoms with E-state index >= 15 is 0 Å². The number of carbonyl (C=O) groups excluding carboxylic acids is 1. The van der Waals surface area contributed by atoms with Crippen molar-refractivity contribution in [2.75, 3.05) is 23.5 Å². The van der Waals surface area contributed by atoms with E-state index < -0.39 is 9.84 Å². The number of thioether (sulfide) groups is 1. The molecule has 0 atom stereocenters. The Hall–Kier alpha value is -0.230. The normalized spacial score (nSPS) is 11.5. The van der Waals surface area contributed by atoms with Crippen LogP contribution in [0.4, 0.5) is 0 Å². The Morgan fingerprint density at radius 1 is 1.28 bits per heavy atom. The monoisotopic (exact) mass is 326 g/mol. The minimum Gasteiger partial charge on any atom is -0.293 e. The molecule has 0 unspecified atom stereocenters. The van der Waals surface area contributed by atoms with Gasteiger partial charge in [-0.1, -0.05) is 23.2 Å². The van der Waals surface area contributed by atoms with Crippen molar-refractivity contribution in [3.05, 3.63) is 33.8 Å². The molecule has 0 amide bonds. The number of Topliss-reactive ketones (excluding diaryl/α,β-unsaturated/α-hetero) is 1. The van der Waals surface area contributed by atoms with Crippen LogP contribution in [0.5, 0.6) is 0 Å². The lowest BCUT2D eigenvalue weighted by molar-refractivity contribution is 0.102. The summed E-state index contributed by atoms with van der Waals surface area (Å²) in [4.78, 5) is 11.8. The summed E-state index contributed by atoms with van der Waals surface area (Å²) in [5.41, 5.74) is 0.483. The average molecular weight is 327 g/mol. The van der Waals surface area contributed by atoms with Gasteiger partial charge in [0.05, 0.1) is 21.6 Å². The van der Waals surface area contributed by atoms with Crippen LogP contribution >= 0.6 is 35.0 Å². The maximum atomic E-state index is 11.8. The number of hydrogen-bond acceptors (Lipinski definition) is 4. The number of rotatable bonds is 6. The maximum absolute atomic E-state index is 11.8. The minimum atomic E-state index is -2.97. The lowest BCUT2D eigenvalue weighted by Crippen LogP contribution is -2.08. The minimum absolute atomic E-state index is 0.0757. The van der Waals surface area contributed by atoms with E-state index in [0.29, 0.717) is 21.4 Å². The van der Waals surface area contributed by atoms with Crippen molar-refractivity contribution in [3.8, 4) is 0 Å². The standard InChI is InChI=1S/C11H12Cl2O3S2/c1-18(15,16)5-4-17-7-11(14)8-2-3-9(12)10(13)6-8/h2-3,6H,4-5,7H2,1H3. The van der Waals surface area contributed by atoms with E-state index in [0.717, 1.165) is 0 Å². The van der Waals surface area contributed by atoms with Crippen molar-refractivity contribution in [1.82, 2.24) is 0 Å². The molecule has 3 nitrogen and oxygen atoms in total. The number of benzene rings is 1. The molecule has 18 heavy (non-hydrogen) atoms. The molecule has 0 aliphatic rings. The van der Waals surface area contributed by atoms with Crippen LogP contribution in [-0.2, 0) is 9.84 Å². The fourth-order valence-electron chi connectivity index (χ4n) is 1.13. The van der Waals surface area contributed by atoms with E-state index in [-0.39, 0.29) is 17.3 Å². The first-order valence-electron chi connectivity index (χ1n) is 5.03. The maximum Gasteiger partial charge on any atom is 0.172 e. The molecule has 0 saturated carbocycles. The van der Waals surface area contributed by atoms with Crippen molar-refractivity contribution < 1.29 is 13.2 Å². The van der Waals surface area contributed by atoms with Crippen LogP contribution in [0, 0.1) is 0 Å². The highest BCUT2D eigenvalue weighted by Crippen LogP contribution is 2.23. The van der Waals surface area contributed by atoms with Gasteiger partial charge in [0.15, 0.2) is 5.78 Å². The third-order valence-electron chi connectivity index (χ3n) is 2.07. The van der Waals surface area contributed by atoms with Crippen molar-refractivity contribution in [1.29, 1.82) is 0 Å². The van der Waals surface area contributed by atoms with E-state index in [1.165, 1.54) is 24.1 Å². The number of ketones is 1. The third-order valence-corrected chi connectivity index (χ3v) is 4.98. The van der Waals surface area contributed by atoms with Gasteiger partial charge in [0.25, 0.3) is 0 Å². The van der Waals surface area contributed by atoms with Crippen LogP contribution in [-0.4, -0.2) is 37.7 Å². The average Bonchev–Trinajstić information content (AvgIpc) is 2.26. The van der Waals surface area contributed by atoms with Gasteiger partial charge in [-0.05, 0) is 18.2 Å². The molecular formula is C11H12Cl2O3S2. The first kappa shape index (κ1) is 15.8. The Balaban J connectivity index is 2.48. The van der Waals surface area contributed by atoms with Gasteiger partial charge in [-0.2, -0.15) is 11.8 Å². The van der Waals surface area contributed by atoms with E-state index in [4.69, 9.17) is 23.2 Å². The highest BCUT2D eigenvalue weighted by atomic mass is 35.5. The molecule has 0 bridgehead atoms. The SMILES string of the molecule is CS(=O)(=O)CCSCC(=O)c1ccc(Cl)c(Cl)c1. The van der Waals surface area contributed by atoms with Crippen LogP contribution in [0.2, 0.25) is 10.0 Å². The van der Waals surface area contributed by atoms with E-state index in [1.54, 1.807) is 12.1 Å². The second-order valence-corrected chi connectivity index (χ2v) is 7.91. The quantitative estimate of drug-likeness (QED) is 0.595. The Labute approximate surface area is 121 Å². The molecule has 0 N–H and O–H groups in total. The summed E-state index contributed by atoms with van der Waals surface area (Å²) in [6.07, 6.45) is 1.17. The first-order chi connectivity index (χ1) is 8.29. The lowest BCUT2D eigenvalue weighted by Gasteiger charge is -2.03. The van der Waals surface area contributed by atoms with Crippen LogP contribution in [0.25, 0.3) is 0 Å². The van der Waals surface area contributed by atoms with Gasteiger partial charge in [0.2, 0.25) is 0 Å². The van der Waals surface area contributed by atoms with Gasteiger partial charge in [0.1, 0.15) is 9.84 Å². The van der Waals surface area contributed by atoms with Gasteiger partial charge in [-0.15, -0.1) is 0 Å². The zero-order valence-corrected chi connectivity index (χ0v) is 12.8. The Bertz CT molecular complexity index is 541. The molecule has 0 heterocycles. The highest BCUT2D eigenvalue weighted by molar-refractivity contribution is 8.01. The molecule has 7 heteroatoms. The summed E-state index contributed by atoms with van der Waals surface area (Å²) in [6, 6.07) is 4.69. The van der Waals surface area contributed by atoms with E-state index in [1.807, 2.05) is 0 Å². The smallest absolute Gasteiger partial charge is 0.172 e. The van der Waals surface area contributed by atoms with Crippen LogP contribution < -0.4 is 0 Å². The van der Waals surface area contributed by atoms with Gasteiger partial charge >= 0.3 is 0 Å². The lowest BCUT2D eigenvalue weighted by atomic mass is 10.1. The number of carbonyl (C=O) groups is 1. The number of sulfone groups is 1. The summed E-state index contributed by atoms with van der Waals surface area (Å²) in [5, 5.41) is 0.738. The predicted octanol–water partition coefficient (Wildman–Crippen LogP) is 2.95. The molecule has 1 rings (SSSR count). The highest BCUT2D eigenvalue weighted by Gasteiger charge is 2.09. The molecule has 0 radical (unpaired) electrons. The van der Waals surface area contributed by atoms with Gasteiger partial charge in [-0.25, -0.2) is 8.42 Å². The largest absolute Gasteiger partial charge is 0.293 e. The Kier molecular flexibility index (Phi) is 5.98. The van der Waals surface area contributed by atoms with Crippen molar-refractivity contribution in [3.63, 3.8) is 0 Å². The molecule has 100 valence electrons. The van der Waals surface area contributed by atoms with Gasteiger partial charge in [0, 0.05) is 17.6 Å². The summed E-state index contributed by atoms with van der Waals surface area (Å²) in [7, 11) is -2.97. The fourth-order valence-corrected chi connectivity index (χ4v) is 3.60. The molecule has 0 saturated heterocycles. The van der Waals surface area contributed by atoms with Crippen LogP contribution in [0.15, 0.2) is 18.2 Å². The molecule has 0 spiro atoms. The van der Waals surface area contributed by atoms with Crippen molar-refractivity contribution in [2.45, 2.75) is 0 Å². The molecular weight excluding hydrogens is 315 g/mol. The third kappa shape index (κ3) is 5.61. The van der Waals surface area contributed by atoms with Crippen molar-refractivity contribution in [2.24, 2.45) is 0 Å². The topological polar surface area (TPSA) is 51.2 Å². The first-order valence-corrected chi connectivity index (χ1v) is 9.00. The van der Waals surface area contributed by atoms with Crippen LogP contribution in [0.3, 0.4) is 0 Å². The van der Waals surface area contributed by atoms with E-state index in [9.17, 15) is 13.2 Å². The molecule has 1 aromatic rings. The summed E-state index contributed by atoms with van der Waals surface area (Å²) >= 11 is 12.8. The molecule has 0 aliphatic carbocycles. The zero-order chi connectivity index (χ0) is 13.8. The second kappa shape index (κ2) is 6.80. The van der Waals surface area contributed by atoms with Crippen LogP contribution in [0.1, 0.15) is 10.4 Å². The number of hydrogen-bond donors (Lipinski definition) is 0. The summed E-state index contributed by atoms with van der Waals surface area (Å²) < 4.78 is 21.8.